The summed E-state index contributed by atoms with van der Waals surface area (Å²) in [5, 5.41) is 5.65. The van der Waals surface area contributed by atoms with Crippen LogP contribution in [-0.2, 0) is 5.41 Å². The van der Waals surface area contributed by atoms with E-state index in [4.69, 9.17) is 46.4 Å². The van der Waals surface area contributed by atoms with E-state index >= 15 is 0 Å². The third kappa shape index (κ3) is 2.86. The molecule has 0 bridgehead atoms. The minimum Gasteiger partial charge on any atom is -0.319 e. The molecule has 0 amide bonds. The lowest BCUT2D eigenvalue weighted by molar-refractivity contribution is 0.605. The first-order chi connectivity index (χ1) is 10.5. The molecule has 116 valence electrons. The van der Waals surface area contributed by atoms with Gasteiger partial charge in [0.2, 0.25) is 0 Å². The number of likely N-dealkylation sites (N-methyl/N-ethyl adjacent to an activating group) is 1. The van der Waals surface area contributed by atoms with Gasteiger partial charge in [0.25, 0.3) is 0 Å². The van der Waals surface area contributed by atoms with Crippen molar-refractivity contribution in [1.29, 1.82) is 0 Å². The summed E-state index contributed by atoms with van der Waals surface area (Å²) < 4.78 is 0. The summed E-state index contributed by atoms with van der Waals surface area (Å²) in [6, 6.07) is 11.8. The number of rotatable bonds is 4. The molecule has 1 fully saturated rings. The fourth-order valence-corrected chi connectivity index (χ4v) is 3.81. The first-order valence-electron chi connectivity index (χ1n) is 7.03. The van der Waals surface area contributed by atoms with Gasteiger partial charge in [-0.1, -0.05) is 58.5 Å². The lowest BCUT2D eigenvalue weighted by Gasteiger charge is -2.19. The van der Waals surface area contributed by atoms with Gasteiger partial charge in [-0.3, -0.25) is 0 Å². The zero-order chi connectivity index (χ0) is 15.9. The summed E-state index contributed by atoms with van der Waals surface area (Å²) in [6.45, 7) is 0.871. The summed E-state index contributed by atoms with van der Waals surface area (Å²) in [5.41, 5.74) is 2.43. The Balaban J connectivity index is 1.97. The van der Waals surface area contributed by atoms with E-state index in [0.717, 1.165) is 13.0 Å². The molecular formula is C17H15Cl4N. The second-order valence-electron chi connectivity index (χ2n) is 5.75. The van der Waals surface area contributed by atoms with Crippen LogP contribution in [0.1, 0.15) is 23.5 Å². The van der Waals surface area contributed by atoms with Crippen LogP contribution in [0.2, 0.25) is 20.1 Å². The van der Waals surface area contributed by atoms with Crippen LogP contribution >= 0.6 is 46.4 Å². The maximum atomic E-state index is 6.20. The van der Waals surface area contributed by atoms with E-state index in [0.29, 0.717) is 26.0 Å². The van der Waals surface area contributed by atoms with Crippen LogP contribution in [0.5, 0.6) is 0 Å². The van der Waals surface area contributed by atoms with Crippen molar-refractivity contribution in [3.63, 3.8) is 0 Å². The molecule has 1 aliphatic carbocycles. The molecule has 1 nitrogen and oxygen atoms in total. The molecular weight excluding hydrogens is 360 g/mol. The largest absolute Gasteiger partial charge is 0.319 e. The standard InChI is InChI=1S/C17H15Cl4N/c1-22-9-17(11-3-5-14(19)16(21)7-11)8-12(17)10-2-4-13(18)15(20)6-10/h2-7,12,22H,8-9H2,1H3/t12-,17-/m0/s1. The Morgan fingerprint density at radius 2 is 1.59 bits per heavy atom. The number of benzene rings is 2. The van der Waals surface area contributed by atoms with Crippen LogP contribution in [0.3, 0.4) is 0 Å². The second-order valence-corrected chi connectivity index (χ2v) is 7.37. The molecule has 5 heteroatoms. The van der Waals surface area contributed by atoms with Gasteiger partial charge in [0.05, 0.1) is 20.1 Å². The predicted octanol–water partition coefficient (Wildman–Crippen LogP) is 5.94. The fraction of sp³-hybridized carbons (Fsp3) is 0.294. The van der Waals surface area contributed by atoms with Crippen LogP contribution in [0.4, 0.5) is 0 Å². The zero-order valence-electron chi connectivity index (χ0n) is 12.0. The molecule has 1 aliphatic rings. The SMILES string of the molecule is CNC[C@]1(c2ccc(Cl)c(Cl)c2)C[C@H]1c1ccc(Cl)c(Cl)c1. The highest BCUT2D eigenvalue weighted by Crippen LogP contribution is 2.60. The van der Waals surface area contributed by atoms with Crippen molar-refractivity contribution in [2.45, 2.75) is 17.8 Å². The first kappa shape index (κ1) is 16.4. The van der Waals surface area contributed by atoms with E-state index in [1.807, 2.05) is 37.4 Å². The quantitative estimate of drug-likeness (QED) is 0.697. The molecule has 0 aromatic heterocycles. The second kappa shape index (κ2) is 6.22. The van der Waals surface area contributed by atoms with Crippen LogP contribution in [-0.4, -0.2) is 13.6 Å². The third-order valence-corrected chi connectivity index (χ3v) is 5.89. The molecule has 0 unspecified atom stereocenters. The lowest BCUT2D eigenvalue weighted by Crippen LogP contribution is -2.25. The van der Waals surface area contributed by atoms with Crippen molar-refractivity contribution >= 4 is 46.4 Å². The van der Waals surface area contributed by atoms with E-state index in [1.165, 1.54) is 11.1 Å². The lowest BCUT2D eigenvalue weighted by atomic mass is 9.90. The summed E-state index contributed by atoms with van der Waals surface area (Å²) in [5.74, 6) is 0.395. The van der Waals surface area contributed by atoms with E-state index < -0.39 is 0 Å². The van der Waals surface area contributed by atoms with Crippen molar-refractivity contribution in [3.8, 4) is 0 Å². The molecule has 22 heavy (non-hydrogen) atoms. The minimum atomic E-state index is 0.0279. The number of halogens is 4. The van der Waals surface area contributed by atoms with Crippen LogP contribution in [0.25, 0.3) is 0 Å². The van der Waals surface area contributed by atoms with Crippen LogP contribution in [0.15, 0.2) is 36.4 Å². The molecule has 0 radical (unpaired) electrons. The maximum Gasteiger partial charge on any atom is 0.0595 e. The minimum absolute atomic E-state index is 0.0279. The molecule has 0 heterocycles. The molecule has 2 aromatic carbocycles. The smallest absolute Gasteiger partial charge is 0.0595 e. The van der Waals surface area contributed by atoms with Gasteiger partial charge in [0.15, 0.2) is 0 Å². The topological polar surface area (TPSA) is 12.0 Å². The monoisotopic (exact) mass is 373 g/mol. The maximum absolute atomic E-state index is 6.20. The van der Waals surface area contributed by atoms with E-state index in [2.05, 4.69) is 11.4 Å². The summed E-state index contributed by atoms with van der Waals surface area (Å²) in [7, 11) is 1.96. The molecule has 1 saturated carbocycles. The number of nitrogens with one attached hydrogen (secondary N) is 1. The summed E-state index contributed by atoms with van der Waals surface area (Å²) in [4.78, 5) is 0. The zero-order valence-corrected chi connectivity index (χ0v) is 15.0. The highest BCUT2D eigenvalue weighted by Gasteiger charge is 2.55. The molecule has 0 aliphatic heterocycles. The van der Waals surface area contributed by atoms with E-state index in [1.54, 1.807) is 0 Å². The number of hydrogen-bond donors (Lipinski definition) is 1. The third-order valence-electron chi connectivity index (χ3n) is 4.41. The fourth-order valence-electron chi connectivity index (χ4n) is 3.21. The molecule has 0 spiro atoms. The summed E-state index contributed by atoms with van der Waals surface area (Å²) in [6.07, 6.45) is 1.05. The molecule has 2 aromatic rings. The Bertz CT molecular complexity index is 716. The van der Waals surface area contributed by atoms with Gasteiger partial charge in [0, 0.05) is 12.0 Å². The summed E-state index contributed by atoms with van der Waals surface area (Å²) >= 11 is 24.4. The van der Waals surface area contributed by atoms with E-state index in [-0.39, 0.29) is 5.41 Å². The molecule has 0 saturated heterocycles. The number of hydrogen-bond acceptors (Lipinski definition) is 1. The molecule has 1 N–H and O–H groups in total. The average Bonchev–Trinajstić information content (AvgIpc) is 3.21. The highest BCUT2D eigenvalue weighted by atomic mass is 35.5. The van der Waals surface area contributed by atoms with Gasteiger partial charge in [-0.15, -0.1) is 0 Å². The Kier molecular flexibility index (Phi) is 4.64. The Morgan fingerprint density at radius 3 is 2.18 bits per heavy atom. The van der Waals surface area contributed by atoms with Crippen molar-refractivity contribution in [1.82, 2.24) is 5.32 Å². The van der Waals surface area contributed by atoms with Crippen molar-refractivity contribution in [2.75, 3.05) is 13.6 Å². The van der Waals surface area contributed by atoms with Gasteiger partial charge in [-0.25, -0.2) is 0 Å². The first-order valence-corrected chi connectivity index (χ1v) is 8.54. The van der Waals surface area contributed by atoms with Gasteiger partial charge in [-0.05, 0) is 54.8 Å². The average molecular weight is 375 g/mol. The van der Waals surface area contributed by atoms with Gasteiger partial charge < -0.3 is 5.32 Å². The van der Waals surface area contributed by atoms with Crippen molar-refractivity contribution in [2.24, 2.45) is 0 Å². The normalized spacial score (nSPS) is 23.6. The van der Waals surface area contributed by atoms with Gasteiger partial charge in [-0.2, -0.15) is 0 Å². The van der Waals surface area contributed by atoms with Gasteiger partial charge in [0.1, 0.15) is 0 Å². The molecule has 3 rings (SSSR count). The Hall–Kier alpha value is -0.440. The Morgan fingerprint density at radius 1 is 0.955 bits per heavy atom. The highest BCUT2D eigenvalue weighted by molar-refractivity contribution is 6.42. The molecule has 2 atom stereocenters. The van der Waals surface area contributed by atoms with Crippen LogP contribution < -0.4 is 5.32 Å². The van der Waals surface area contributed by atoms with Crippen molar-refractivity contribution < 1.29 is 0 Å². The van der Waals surface area contributed by atoms with Crippen molar-refractivity contribution in [3.05, 3.63) is 67.6 Å². The van der Waals surface area contributed by atoms with Gasteiger partial charge >= 0.3 is 0 Å². The van der Waals surface area contributed by atoms with Crippen LogP contribution in [0, 0.1) is 0 Å². The predicted molar refractivity (Wildman–Crippen MR) is 95.9 cm³/mol. The Labute approximate surface area is 150 Å². The van der Waals surface area contributed by atoms with E-state index in [9.17, 15) is 0 Å².